The molecule has 12 heavy (non-hydrogen) atoms. The first-order valence-corrected chi connectivity index (χ1v) is 4.93. The third-order valence-corrected chi connectivity index (χ3v) is 1.81. The fraction of sp³-hybridized carbons (Fsp3) is 0.833. The first kappa shape index (κ1) is 11.9. The van der Waals surface area contributed by atoms with Gasteiger partial charge in [-0.2, -0.15) is 0 Å². The Hall–Kier alpha value is -0.115. The van der Waals surface area contributed by atoms with E-state index in [1.807, 2.05) is 6.66 Å². The molecule has 0 aliphatic rings. The van der Waals surface area contributed by atoms with Gasteiger partial charge in [0, 0.05) is 20.9 Å². The average molecular weight is 189 g/mol. The van der Waals surface area contributed by atoms with E-state index in [-0.39, 0.29) is 21.2 Å². The van der Waals surface area contributed by atoms with Gasteiger partial charge in [0.05, 0.1) is 13.5 Å². The summed E-state index contributed by atoms with van der Waals surface area (Å²) >= 11 is 0. The molecule has 0 aliphatic carbocycles. The van der Waals surface area contributed by atoms with Crippen molar-refractivity contribution in [1.29, 1.82) is 0 Å². The summed E-state index contributed by atoms with van der Waals surface area (Å²) in [5, 5.41) is 0. The molecule has 2 radical (unpaired) electrons. The van der Waals surface area contributed by atoms with Crippen LogP contribution in [0, 0.1) is 0 Å². The summed E-state index contributed by atoms with van der Waals surface area (Å²) in [7, 11) is 7.06. The van der Waals surface area contributed by atoms with E-state index >= 15 is 0 Å². The van der Waals surface area contributed by atoms with E-state index in [0.717, 1.165) is 0 Å². The molecule has 3 atom stereocenters. The van der Waals surface area contributed by atoms with Gasteiger partial charge in [-0.15, -0.1) is 0 Å². The molecule has 68 valence electrons. The van der Waals surface area contributed by atoms with E-state index in [4.69, 9.17) is 18.1 Å². The van der Waals surface area contributed by atoms with E-state index < -0.39 is 12.0 Å². The molecule has 0 heterocycles. The average Bonchev–Trinajstić information content (AvgIpc) is 2.04. The Morgan fingerprint density at radius 1 is 1.75 bits per heavy atom. The molecule has 4 nitrogen and oxygen atoms in total. The van der Waals surface area contributed by atoms with Crippen molar-refractivity contribution in [1.82, 2.24) is 0 Å². The molecule has 2 unspecified atom stereocenters. The van der Waals surface area contributed by atoms with E-state index in [1.54, 1.807) is 0 Å². The van der Waals surface area contributed by atoms with Crippen LogP contribution < -0.4 is 5.73 Å². The molecular formula is C6H13BNO3P. The predicted octanol–water partition coefficient (Wildman–Crippen LogP) is -0.389. The van der Waals surface area contributed by atoms with Crippen molar-refractivity contribution in [2.45, 2.75) is 18.5 Å². The van der Waals surface area contributed by atoms with Crippen LogP contribution in [0.2, 0.25) is 0 Å². The normalized spacial score (nSPS) is 16.2. The molecule has 0 saturated heterocycles. The Labute approximate surface area is 75.4 Å². The highest BCUT2D eigenvalue weighted by Gasteiger charge is 2.16. The molecule has 6 heteroatoms. The third-order valence-electron chi connectivity index (χ3n) is 1.31. The number of methoxy groups -OCH3 is 1. The van der Waals surface area contributed by atoms with Gasteiger partial charge in [-0.3, -0.25) is 4.79 Å². The minimum absolute atomic E-state index is 0.0855. The highest BCUT2D eigenvalue weighted by atomic mass is 31.1. The van der Waals surface area contributed by atoms with Gasteiger partial charge in [-0.25, -0.2) is 0 Å². The SMILES string of the molecule is [B]C(OPC)[C@@H](N)CC(=O)OC. The van der Waals surface area contributed by atoms with Crippen LogP contribution in [-0.2, 0) is 14.1 Å². The zero-order chi connectivity index (χ0) is 9.56. The number of carbonyl (C=O) groups is 1. The summed E-state index contributed by atoms with van der Waals surface area (Å²) in [6.45, 7) is 1.84. The predicted molar refractivity (Wildman–Crippen MR) is 49.5 cm³/mol. The van der Waals surface area contributed by atoms with Crippen LogP contribution in [0.4, 0.5) is 0 Å². The maximum atomic E-state index is 10.7. The molecule has 0 amide bonds. The van der Waals surface area contributed by atoms with Gasteiger partial charge >= 0.3 is 5.97 Å². The summed E-state index contributed by atoms with van der Waals surface area (Å²) in [6, 6.07) is -1.09. The quantitative estimate of drug-likeness (QED) is 0.363. The van der Waals surface area contributed by atoms with Crippen LogP contribution >= 0.6 is 8.81 Å². The van der Waals surface area contributed by atoms with Gasteiger partial charge in [-0.1, -0.05) is 0 Å². The van der Waals surface area contributed by atoms with Crippen molar-refractivity contribution < 1.29 is 14.1 Å². The topological polar surface area (TPSA) is 61.5 Å². The molecule has 2 N–H and O–H groups in total. The van der Waals surface area contributed by atoms with Gasteiger partial charge < -0.3 is 15.0 Å². The summed E-state index contributed by atoms with van der Waals surface area (Å²) in [5.74, 6) is -0.374. The van der Waals surface area contributed by atoms with Crippen LogP contribution in [0.15, 0.2) is 0 Å². The Bertz CT molecular complexity index is 147. The number of ether oxygens (including phenoxy) is 1. The number of hydrogen-bond donors (Lipinski definition) is 1. The minimum Gasteiger partial charge on any atom is -0.469 e. The molecule has 0 rings (SSSR count). The Morgan fingerprint density at radius 2 is 2.33 bits per heavy atom. The van der Waals surface area contributed by atoms with Crippen LogP contribution in [0.5, 0.6) is 0 Å². The van der Waals surface area contributed by atoms with Crippen molar-refractivity contribution >= 4 is 22.6 Å². The molecular weight excluding hydrogens is 176 g/mol. The number of carbonyl (C=O) groups excluding carboxylic acids is 1. The first-order valence-electron chi connectivity index (χ1n) is 3.52. The van der Waals surface area contributed by atoms with Crippen LogP contribution in [0.25, 0.3) is 0 Å². The maximum absolute atomic E-state index is 10.7. The largest absolute Gasteiger partial charge is 0.469 e. The molecule has 0 bridgehead atoms. The van der Waals surface area contributed by atoms with E-state index in [0.29, 0.717) is 0 Å². The fourth-order valence-corrected chi connectivity index (χ4v) is 1.06. The van der Waals surface area contributed by atoms with Crippen molar-refractivity contribution in [2.24, 2.45) is 5.73 Å². The summed E-state index contributed by atoms with van der Waals surface area (Å²) < 4.78 is 9.44. The summed E-state index contributed by atoms with van der Waals surface area (Å²) in [4.78, 5) is 10.7. The summed E-state index contributed by atoms with van der Waals surface area (Å²) in [5.41, 5.74) is 5.53. The number of nitrogens with two attached hydrogens (primary N) is 1. The molecule has 0 aromatic carbocycles. The van der Waals surface area contributed by atoms with Crippen molar-refractivity contribution in [3.8, 4) is 0 Å². The Kier molecular flexibility index (Phi) is 6.34. The highest BCUT2D eigenvalue weighted by Crippen LogP contribution is 2.10. The smallest absolute Gasteiger partial charge is 0.307 e. The zero-order valence-corrected chi connectivity index (χ0v) is 8.24. The monoisotopic (exact) mass is 189 g/mol. The summed E-state index contributed by atoms with van der Waals surface area (Å²) in [6.07, 6.45) is 0.0855. The molecule has 0 aliphatic heterocycles. The lowest BCUT2D eigenvalue weighted by atomic mass is 9.91. The lowest BCUT2D eigenvalue weighted by molar-refractivity contribution is -0.141. The second-order valence-corrected chi connectivity index (χ2v) is 2.87. The number of esters is 1. The highest BCUT2D eigenvalue weighted by molar-refractivity contribution is 7.31. The Balaban J connectivity index is 3.69. The lowest BCUT2D eigenvalue weighted by Gasteiger charge is -2.18. The zero-order valence-electron chi connectivity index (χ0n) is 7.24. The van der Waals surface area contributed by atoms with E-state index in [9.17, 15) is 4.79 Å². The molecule has 0 saturated carbocycles. The second-order valence-electron chi connectivity index (χ2n) is 2.23. The minimum atomic E-state index is -0.590. The van der Waals surface area contributed by atoms with Crippen LogP contribution in [-0.4, -0.2) is 39.6 Å². The van der Waals surface area contributed by atoms with Crippen molar-refractivity contribution in [3.05, 3.63) is 0 Å². The van der Waals surface area contributed by atoms with Gasteiger partial charge in [0.2, 0.25) is 0 Å². The van der Waals surface area contributed by atoms with Gasteiger partial charge in [0.15, 0.2) is 0 Å². The molecule has 0 spiro atoms. The standard InChI is InChI=1S/C6H13BNO3P/c1-10-5(9)3-4(8)6(7)11-12-2/h4,6,12H,3,8H2,1-2H3/t4-,6?/m0/s1. The van der Waals surface area contributed by atoms with E-state index in [2.05, 4.69) is 4.74 Å². The number of hydrogen-bond acceptors (Lipinski definition) is 4. The third kappa shape index (κ3) is 4.70. The van der Waals surface area contributed by atoms with Gasteiger partial charge in [0.25, 0.3) is 0 Å². The van der Waals surface area contributed by atoms with Crippen LogP contribution in [0.3, 0.4) is 0 Å². The fourth-order valence-electron chi connectivity index (χ4n) is 0.615. The molecule has 0 aromatic heterocycles. The number of rotatable bonds is 5. The lowest BCUT2D eigenvalue weighted by Crippen LogP contribution is -2.37. The maximum Gasteiger partial charge on any atom is 0.307 e. The molecule has 0 fully saturated rings. The van der Waals surface area contributed by atoms with Crippen molar-refractivity contribution in [2.75, 3.05) is 13.8 Å². The van der Waals surface area contributed by atoms with E-state index in [1.165, 1.54) is 7.11 Å². The Morgan fingerprint density at radius 3 is 2.75 bits per heavy atom. The van der Waals surface area contributed by atoms with Crippen LogP contribution in [0.1, 0.15) is 6.42 Å². The van der Waals surface area contributed by atoms with Gasteiger partial charge in [-0.05, 0) is 6.66 Å². The first-order chi connectivity index (χ1) is 5.61. The van der Waals surface area contributed by atoms with Crippen molar-refractivity contribution in [3.63, 3.8) is 0 Å². The van der Waals surface area contributed by atoms with Gasteiger partial charge in [0.1, 0.15) is 7.85 Å². The molecule has 0 aromatic rings. The second kappa shape index (κ2) is 6.41.